The molecule has 0 aliphatic carbocycles. The molecule has 3 N–H and O–H groups in total. The van der Waals surface area contributed by atoms with E-state index < -0.39 is 0 Å². The van der Waals surface area contributed by atoms with Crippen LogP contribution in [0.5, 0.6) is 0 Å². The molecule has 0 spiro atoms. The van der Waals surface area contributed by atoms with Gasteiger partial charge in [0.1, 0.15) is 6.29 Å². The van der Waals surface area contributed by atoms with E-state index >= 15 is 0 Å². The molecular weight excluding hydrogens is 162 g/mol. The Bertz CT molecular complexity index is 220. The van der Waals surface area contributed by atoms with Crippen LogP contribution in [0.15, 0.2) is 24.3 Å². The van der Waals surface area contributed by atoms with Gasteiger partial charge in [-0.15, -0.1) is 0 Å². The summed E-state index contributed by atoms with van der Waals surface area (Å²) < 4.78 is 0. The maximum atomic E-state index is 10.2. The van der Waals surface area contributed by atoms with Gasteiger partial charge in [0.15, 0.2) is 0 Å². The zero-order valence-electron chi connectivity index (χ0n) is 6.09. The summed E-state index contributed by atoms with van der Waals surface area (Å²) in [5.41, 5.74) is 5.60. The van der Waals surface area contributed by atoms with Crippen molar-refractivity contribution in [2.45, 2.75) is 6.54 Å². The zero-order valence-corrected chi connectivity index (χ0v) is 6.84. The number of hydrogen-bond acceptors (Lipinski definition) is 1. The van der Waals surface area contributed by atoms with E-state index in [1.807, 2.05) is 12.1 Å². The molecule has 1 aromatic carbocycles. The molecule has 0 saturated carbocycles. The number of hydrogen-bond donors (Lipinski definition) is 1. The standard InChI is InChI=1S/C8H9NO.ClH/c9-5-7-1-3-8(6-10)4-2-7;/h1-4,6H,5,9H2;1H. The fourth-order valence-corrected chi connectivity index (χ4v) is 0.763. The third-order valence-corrected chi connectivity index (χ3v) is 1.40. The van der Waals surface area contributed by atoms with Crippen LogP contribution in [0.25, 0.3) is 0 Å². The molecule has 0 fully saturated rings. The van der Waals surface area contributed by atoms with Crippen LogP contribution in [-0.4, -0.2) is 6.29 Å². The van der Waals surface area contributed by atoms with Crippen LogP contribution in [0.3, 0.4) is 0 Å². The molecule has 0 amide bonds. The van der Waals surface area contributed by atoms with Crippen LogP contribution >= 0.6 is 0 Å². The molecule has 0 aliphatic heterocycles. The first-order valence-corrected chi connectivity index (χ1v) is 3.20. The lowest BCUT2D eigenvalue weighted by molar-refractivity contribution is -0.386. The predicted molar refractivity (Wildman–Crippen MR) is 38.4 cm³/mol. The Kier molecular flexibility index (Phi) is 4.50. The lowest BCUT2D eigenvalue weighted by atomic mass is 10.1. The van der Waals surface area contributed by atoms with Crippen LogP contribution < -0.4 is 18.1 Å². The second-order valence-electron chi connectivity index (χ2n) is 2.11. The van der Waals surface area contributed by atoms with Gasteiger partial charge in [-0.05, 0) is 0 Å². The van der Waals surface area contributed by atoms with Crippen LogP contribution in [0, 0.1) is 0 Å². The third-order valence-electron chi connectivity index (χ3n) is 1.40. The quantitative estimate of drug-likeness (QED) is 0.482. The second-order valence-corrected chi connectivity index (χ2v) is 2.11. The van der Waals surface area contributed by atoms with Gasteiger partial charge in [0.2, 0.25) is 0 Å². The minimum absolute atomic E-state index is 0. The van der Waals surface area contributed by atoms with Gasteiger partial charge in [0.05, 0.1) is 6.54 Å². The Morgan fingerprint density at radius 3 is 2.18 bits per heavy atom. The summed E-state index contributed by atoms with van der Waals surface area (Å²) in [7, 11) is 0. The Morgan fingerprint density at radius 1 is 1.27 bits per heavy atom. The fourth-order valence-electron chi connectivity index (χ4n) is 0.763. The van der Waals surface area contributed by atoms with Gasteiger partial charge in [-0.1, -0.05) is 24.3 Å². The monoisotopic (exact) mass is 171 g/mol. The van der Waals surface area contributed by atoms with Crippen molar-refractivity contribution in [3.8, 4) is 0 Å². The van der Waals surface area contributed by atoms with Crippen molar-refractivity contribution in [1.82, 2.24) is 0 Å². The molecule has 0 unspecified atom stereocenters. The largest absolute Gasteiger partial charge is 1.00 e. The first-order valence-electron chi connectivity index (χ1n) is 3.20. The molecule has 0 heterocycles. The summed E-state index contributed by atoms with van der Waals surface area (Å²) in [4.78, 5) is 10.2. The molecule has 1 aromatic rings. The highest BCUT2D eigenvalue weighted by atomic mass is 35.5. The third kappa shape index (κ3) is 2.70. The van der Waals surface area contributed by atoms with E-state index in [0.29, 0.717) is 0 Å². The lowest BCUT2D eigenvalue weighted by Gasteiger charge is -1.92. The number of carbonyl (C=O) groups excluding carboxylic acids is 1. The van der Waals surface area contributed by atoms with Gasteiger partial charge in [-0.25, -0.2) is 0 Å². The molecule has 60 valence electrons. The number of aldehydes is 1. The Labute approximate surface area is 71.8 Å². The molecule has 0 atom stereocenters. The Balaban J connectivity index is 0.000001000. The molecule has 1 rings (SSSR count). The molecule has 0 radical (unpaired) electrons. The summed E-state index contributed by atoms with van der Waals surface area (Å²) in [5.74, 6) is 0. The van der Waals surface area contributed by atoms with E-state index in [1.165, 1.54) is 0 Å². The number of carbonyl (C=O) groups is 1. The zero-order chi connectivity index (χ0) is 7.40. The molecule has 0 aromatic heterocycles. The molecule has 11 heavy (non-hydrogen) atoms. The maximum Gasteiger partial charge on any atom is 0.150 e. The van der Waals surface area contributed by atoms with Crippen LogP contribution in [0.1, 0.15) is 15.9 Å². The topological polar surface area (TPSA) is 44.7 Å². The maximum absolute atomic E-state index is 10.2. The van der Waals surface area contributed by atoms with Crippen LogP contribution in [0.2, 0.25) is 0 Å². The summed E-state index contributed by atoms with van der Waals surface area (Å²) >= 11 is 0. The molecular formula is C8H10ClNO. The van der Waals surface area contributed by atoms with Crippen molar-refractivity contribution in [3.63, 3.8) is 0 Å². The van der Waals surface area contributed by atoms with Crippen molar-refractivity contribution in [3.05, 3.63) is 35.4 Å². The van der Waals surface area contributed by atoms with Crippen molar-refractivity contribution >= 4 is 6.29 Å². The highest BCUT2D eigenvalue weighted by Gasteiger charge is 1.90. The Hall–Kier alpha value is -0.860. The highest BCUT2D eigenvalue weighted by Crippen LogP contribution is 1.99. The highest BCUT2D eigenvalue weighted by molar-refractivity contribution is 5.74. The van der Waals surface area contributed by atoms with E-state index in [-0.39, 0.29) is 12.4 Å². The average molecular weight is 172 g/mol. The molecule has 0 saturated heterocycles. The van der Waals surface area contributed by atoms with Gasteiger partial charge in [0, 0.05) is 11.1 Å². The fraction of sp³-hybridized carbons (Fsp3) is 0.125. The molecule has 3 heteroatoms. The van der Waals surface area contributed by atoms with Crippen molar-refractivity contribution in [2.24, 2.45) is 0 Å². The van der Waals surface area contributed by atoms with E-state index in [0.717, 1.165) is 24.0 Å². The number of rotatable bonds is 2. The van der Waals surface area contributed by atoms with E-state index in [2.05, 4.69) is 5.73 Å². The van der Waals surface area contributed by atoms with Gasteiger partial charge >= 0.3 is 0 Å². The van der Waals surface area contributed by atoms with Gasteiger partial charge in [-0.3, -0.25) is 4.79 Å². The van der Waals surface area contributed by atoms with Crippen molar-refractivity contribution in [1.29, 1.82) is 0 Å². The van der Waals surface area contributed by atoms with Crippen molar-refractivity contribution in [2.75, 3.05) is 0 Å². The van der Waals surface area contributed by atoms with E-state index in [1.54, 1.807) is 12.1 Å². The first-order chi connectivity index (χ1) is 4.86. The van der Waals surface area contributed by atoms with Gasteiger partial charge < -0.3 is 18.1 Å². The van der Waals surface area contributed by atoms with Gasteiger partial charge in [0.25, 0.3) is 0 Å². The minimum atomic E-state index is 0. The van der Waals surface area contributed by atoms with E-state index in [9.17, 15) is 4.79 Å². The molecule has 0 bridgehead atoms. The summed E-state index contributed by atoms with van der Waals surface area (Å²) in [6.07, 6.45) is 0.840. The molecule has 2 nitrogen and oxygen atoms in total. The summed E-state index contributed by atoms with van der Waals surface area (Å²) in [6, 6.07) is 7.43. The minimum Gasteiger partial charge on any atom is -1.00 e. The average Bonchev–Trinajstić information content (AvgIpc) is 2.05. The number of quaternary nitrogens is 1. The normalized spacial score (nSPS) is 8.45. The molecule has 0 aliphatic rings. The summed E-state index contributed by atoms with van der Waals surface area (Å²) in [5, 5.41) is 0. The van der Waals surface area contributed by atoms with Crippen LogP contribution in [0.4, 0.5) is 0 Å². The van der Waals surface area contributed by atoms with Gasteiger partial charge in [-0.2, -0.15) is 0 Å². The predicted octanol–water partition coefficient (Wildman–Crippen LogP) is -2.75. The van der Waals surface area contributed by atoms with Crippen molar-refractivity contribution < 1.29 is 22.9 Å². The second kappa shape index (κ2) is 4.88. The lowest BCUT2D eigenvalue weighted by Crippen LogP contribution is -3.00. The Morgan fingerprint density at radius 2 is 1.82 bits per heavy atom. The number of halogens is 1. The number of benzene rings is 1. The smallest absolute Gasteiger partial charge is 0.150 e. The van der Waals surface area contributed by atoms with Crippen LogP contribution in [-0.2, 0) is 6.54 Å². The summed E-state index contributed by atoms with van der Waals surface area (Å²) in [6.45, 7) is 0.777. The van der Waals surface area contributed by atoms with E-state index in [4.69, 9.17) is 0 Å². The first kappa shape index (κ1) is 10.1. The SMILES string of the molecule is [Cl-].[NH3+]Cc1ccc(C=O)cc1.